The van der Waals surface area contributed by atoms with Gasteiger partial charge in [-0.1, -0.05) is 18.2 Å². The van der Waals surface area contributed by atoms with Crippen LogP contribution in [0.15, 0.2) is 42.6 Å². The van der Waals surface area contributed by atoms with E-state index in [4.69, 9.17) is 5.10 Å². The van der Waals surface area contributed by atoms with Gasteiger partial charge in [-0.2, -0.15) is 5.10 Å². The number of aryl methyl sites for hydroxylation is 1. The van der Waals surface area contributed by atoms with Crippen LogP contribution in [0.25, 0.3) is 10.9 Å². The van der Waals surface area contributed by atoms with Gasteiger partial charge >= 0.3 is 0 Å². The van der Waals surface area contributed by atoms with Gasteiger partial charge in [0.2, 0.25) is 0 Å². The summed E-state index contributed by atoms with van der Waals surface area (Å²) in [5, 5.41) is 9.21. The van der Waals surface area contributed by atoms with Gasteiger partial charge in [0.15, 0.2) is 0 Å². The molecule has 0 unspecified atom stereocenters. The van der Waals surface area contributed by atoms with Crippen molar-refractivity contribution in [3.63, 3.8) is 0 Å². The molecule has 0 saturated carbocycles. The van der Waals surface area contributed by atoms with Gasteiger partial charge in [0.25, 0.3) is 0 Å². The number of hydrogen-bond donors (Lipinski definition) is 1. The molecule has 2 aromatic heterocycles. The maximum Gasteiger partial charge on any atom is 0.0900 e. The lowest BCUT2D eigenvalue weighted by Crippen LogP contribution is -2.11. The first kappa shape index (κ1) is 12.9. The van der Waals surface area contributed by atoms with E-state index >= 15 is 0 Å². The lowest BCUT2D eigenvalue weighted by atomic mass is 10.2. The average molecular weight is 268 g/mol. The summed E-state index contributed by atoms with van der Waals surface area (Å²) in [4.78, 5) is 0. The van der Waals surface area contributed by atoms with E-state index in [0.717, 1.165) is 25.3 Å². The molecule has 0 aliphatic carbocycles. The number of benzene rings is 1. The smallest absolute Gasteiger partial charge is 0.0900 e. The predicted molar refractivity (Wildman–Crippen MR) is 81.7 cm³/mol. The van der Waals surface area contributed by atoms with Crippen molar-refractivity contribution in [2.24, 2.45) is 0 Å². The van der Waals surface area contributed by atoms with E-state index in [1.165, 1.54) is 16.6 Å². The molecule has 0 radical (unpaired) electrons. The highest BCUT2D eigenvalue weighted by atomic mass is 15.3. The standard InChI is InChI=1S/C16H20N4/c1-3-20-16-9-5-4-8-14(16)15(18-20)12-19-10-6-7-13(19)11-17-2/h4-10,17H,3,11-12H2,1-2H3. The second-order valence-corrected chi connectivity index (χ2v) is 4.94. The summed E-state index contributed by atoms with van der Waals surface area (Å²) < 4.78 is 4.33. The van der Waals surface area contributed by atoms with E-state index < -0.39 is 0 Å². The van der Waals surface area contributed by atoms with Crippen LogP contribution in [0.4, 0.5) is 0 Å². The maximum atomic E-state index is 4.76. The first-order chi connectivity index (χ1) is 9.83. The Balaban J connectivity index is 2.00. The van der Waals surface area contributed by atoms with E-state index in [9.17, 15) is 0 Å². The van der Waals surface area contributed by atoms with Crippen LogP contribution in [0, 0.1) is 0 Å². The number of rotatable bonds is 5. The molecule has 0 aliphatic rings. The Labute approximate surface area is 119 Å². The largest absolute Gasteiger partial charge is 0.344 e. The molecule has 1 aromatic carbocycles. The van der Waals surface area contributed by atoms with E-state index in [2.05, 4.69) is 64.1 Å². The topological polar surface area (TPSA) is 34.8 Å². The fourth-order valence-corrected chi connectivity index (χ4v) is 2.66. The third-order valence-electron chi connectivity index (χ3n) is 3.64. The molecule has 0 aliphatic heterocycles. The van der Waals surface area contributed by atoms with Gasteiger partial charge in [-0.05, 0) is 32.2 Å². The van der Waals surface area contributed by atoms with Gasteiger partial charge in [0.1, 0.15) is 0 Å². The first-order valence-electron chi connectivity index (χ1n) is 7.06. The van der Waals surface area contributed by atoms with Gasteiger partial charge < -0.3 is 9.88 Å². The molecule has 0 saturated heterocycles. The molecule has 20 heavy (non-hydrogen) atoms. The lowest BCUT2D eigenvalue weighted by Gasteiger charge is -2.07. The summed E-state index contributed by atoms with van der Waals surface area (Å²) in [5.74, 6) is 0. The van der Waals surface area contributed by atoms with Gasteiger partial charge in [0, 0.05) is 30.4 Å². The van der Waals surface area contributed by atoms with Crippen molar-refractivity contribution in [3.8, 4) is 0 Å². The van der Waals surface area contributed by atoms with Crippen molar-refractivity contribution in [2.45, 2.75) is 26.6 Å². The zero-order chi connectivity index (χ0) is 13.9. The van der Waals surface area contributed by atoms with Crippen molar-refractivity contribution in [3.05, 3.63) is 54.0 Å². The molecule has 104 valence electrons. The van der Waals surface area contributed by atoms with Crippen LogP contribution < -0.4 is 5.32 Å². The Hall–Kier alpha value is -2.07. The average Bonchev–Trinajstić information content (AvgIpc) is 3.05. The highest BCUT2D eigenvalue weighted by Gasteiger charge is 2.10. The van der Waals surface area contributed by atoms with Crippen LogP contribution in [0.5, 0.6) is 0 Å². The molecular weight excluding hydrogens is 248 g/mol. The summed E-state index contributed by atoms with van der Waals surface area (Å²) >= 11 is 0. The monoisotopic (exact) mass is 268 g/mol. The molecule has 4 heteroatoms. The van der Waals surface area contributed by atoms with Crippen LogP contribution in [0.1, 0.15) is 18.3 Å². The number of para-hydroxylation sites is 1. The fourth-order valence-electron chi connectivity index (χ4n) is 2.66. The predicted octanol–water partition coefficient (Wildman–Crippen LogP) is 2.63. The quantitative estimate of drug-likeness (QED) is 0.772. The van der Waals surface area contributed by atoms with Crippen LogP contribution in [0.2, 0.25) is 0 Å². The Morgan fingerprint density at radius 3 is 2.80 bits per heavy atom. The van der Waals surface area contributed by atoms with Gasteiger partial charge in [0.05, 0.1) is 17.8 Å². The molecule has 4 nitrogen and oxygen atoms in total. The van der Waals surface area contributed by atoms with Gasteiger partial charge in [-0.25, -0.2) is 0 Å². The molecule has 0 atom stereocenters. The number of hydrogen-bond acceptors (Lipinski definition) is 2. The number of nitrogens with one attached hydrogen (secondary N) is 1. The van der Waals surface area contributed by atoms with E-state index in [0.29, 0.717) is 0 Å². The van der Waals surface area contributed by atoms with Crippen molar-refractivity contribution in [2.75, 3.05) is 7.05 Å². The molecule has 1 N–H and O–H groups in total. The van der Waals surface area contributed by atoms with Crippen molar-refractivity contribution in [1.29, 1.82) is 0 Å². The summed E-state index contributed by atoms with van der Waals surface area (Å²) in [6, 6.07) is 12.7. The van der Waals surface area contributed by atoms with E-state index in [1.54, 1.807) is 0 Å². The maximum absolute atomic E-state index is 4.76. The first-order valence-corrected chi connectivity index (χ1v) is 7.06. The van der Waals surface area contributed by atoms with Crippen LogP contribution >= 0.6 is 0 Å². The van der Waals surface area contributed by atoms with E-state index in [-0.39, 0.29) is 0 Å². The van der Waals surface area contributed by atoms with Gasteiger partial charge in [-0.15, -0.1) is 0 Å². The number of nitrogens with zero attached hydrogens (tertiary/aromatic N) is 3. The zero-order valence-electron chi connectivity index (χ0n) is 12.0. The Morgan fingerprint density at radius 1 is 1.15 bits per heavy atom. The van der Waals surface area contributed by atoms with Crippen molar-refractivity contribution >= 4 is 10.9 Å². The van der Waals surface area contributed by atoms with Crippen LogP contribution in [-0.4, -0.2) is 21.4 Å². The second-order valence-electron chi connectivity index (χ2n) is 4.94. The molecule has 0 fully saturated rings. The summed E-state index contributed by atoms with van der Waals surface area (Å²) in [6.07, 6.45) is 2.12. The van der Waals surface area contributed by atoms with Crippen LogP contribution in [-0.2, 0) is 19.6 Å². The molecule has 3 rings (SSSR count). The summed E-state index contributed by atoms with van der Waals surface area (Å²) in [7, 11) is 1.97. The number of aromatic nitrogens is 3. The minimum absolute atomic E-state index is 0.817. The minimum Gasteiger partial charge on any atom is -0.344 e. The molecule has 0 spiro atoms. The third-order valence-corrected chi connectivity index (χ3v) is 3.64. The fraction of sp³-hybridized carbons (Fsp3) is 0.312. The van der Waals surface area contributed by atoms with Crippen molar-refractivity contribution < 1.29 is 0 Å². The zero-order valence-corrected chi connectivity index (χ0v) is 12.0. The van der Waals surface area contributed by atoms with Crippen molar-refractivity contribution in [1.82, 2.24) is 19.7 Å². The SMILES string of the molecule is CCn1nc(Cn2cccc2CNC)c2ccccc21. The Kier molecular flexibility index (Phi) is 3.56. The normalized spacial score (nSPS) is 11.3. The highest BCUT2D eigenvalue weighted by molar-refractivity contribution is 5.81. The molecule has 0 amide bonds. The summed E-state index contributed by atoms with van der Waals surface area (Å²) in [6.45, 7) is 4.72. The second kappa shape index (κ2) is 5.51. The molecule has 2 heterocycles. The molecular formula is C16H20N4. The minimum atomic E-state index is 0.817. The Bertz CT molecular complexity index is 708. The number of fused-ring (bicyclic) bond motifs is 1. The highest BCUT2D eigenvalue weighted by Crippen LogP contribution is 2.20. The summed E-state index contributed by atoms with van der Waals surface area (Å²) in [5.41, 5.74) is 3.63. The van der Waals surface area contributed by atoms with E-state index in [1.807, 2.05) is 7.05 Å². The van der Waals surface area contributed by atoms with Gasteiger partial charge in [-0.3, -0.25) is 4.68 Å². The third kappa shape index (κ3) is 2.23. The van der Waals surface area contributed by atoms with Crippen LogP contribution in [0.3, 0.4) is 0 Å². The molecule has 3 aromatic rings. The lowest BCUT2D eigenvalue weighted by molar-refractivity contribution is 0.639. The Morgan fingerprint density at radius 2 is 2.00 bits per heavy atom. The molecule has 0 bridgehead atoms.